The van der Waals surface area contributed by atoms with Crippen molar-refractivity contribution in [2.45, 2.75) is 42.8 Å². The van der Waals surface area contributed by atoms with Gasteiger partial charge in [-0.25, -0.2) is 0 Å². The van der Waals surface area contributed by atoms with Crippen molar-refractivity contribution in [2.75, 3.05) is 19.8 Å². The van der Waals surface area contributed by atoms with Crippen LogP contribution in [0.1, 0.15) is 32.6 Å². The molecule has 0 heterocycles. The topological polar surface area (TPSA) is 173 Å². The van der Waals surface area contributed by atoms with Gasteiger partial charge < -0.3 is 30.6 Å². The number of thiol groups is 9. The molecule has 0 aliphatic rings. The minimum Gasteiger partial charge on any atom is -0.481 e. The third-order valence-corrected chi connectivity index (χ3v) is 4.34. The molecule has 0 aromatic heterocycles. The second-order valence-electron chi connectivity index (χ2n) is 6.36. The van der Waals surface area contributed by atoms with Crippen molar-refractivity contribution in [3.05, 3.63) is 0 Å². The molecule has 33 heavy (non-hydrogen) atoms. The summed E-state index contributed by atoms with van der Waals surface area (Å²) < 4.78 is -2.98. The van der Waals surface area contributed by atoms with Crippen LogP contribution in [0.4, 0.5) is 0 Å². The lowest BCUT2D eigenvalue weighted by atomic mass is 9.88. The van der Waals surface area contributed by atoms with E-state index in [0.29, 0.717) is 6.42 Å². The van der Waals surface area contributed by atoms with Gasteiger partial charge in [-0.1, -0.05) is 6.92 Å². The molecule has 0 aromatic carbocycles. The van der Waals surface area contributed by atoms with Gasteiger partial charge in [-0.2, -0.15) is 114 Å². The van der Waals surface area contributed by atoms with Crippen molar-refractivity contribution in [3.63, 3.8) is 0 Å². The predicted octanol–water partition coefficient (Wildman–Crippen LogP) is 2.07. The van der Waals surface area contributed by atoms with Gasteiger partial charge in [0.05, 0.1) is 39.1 Å². The Balaban J connectivity index is -0.000000170. The summed E-state index contributed by atoms with van der Waals surface area (Å²) in [4.78, 5) is 29.6. The van der Waals surface area contributed by atoms with E-state index in [2.05, 4.69) is 114 Å². The molecule has 0 aromatic rings. The number of hydrogen-bond acceptors (Lipinski definition) is 15. The van der Waals surface area contributed by atoms with E-state index in [1.165, 1.54) is 0 Å². The van der Waals surface area contributed by atoms with Gasteiger partial charge in [-0.3, -0.25) is 14.4 Å². The van der Waals surface area contributed by atoms with Gasteiger partial charge >= 0.3 is 17.9 Å². The van der Waals surface area contributed by atoms with E-state index in [-0.39, 0.29) is 39.1 Å². The fraction of sp³-hybridized carbons (Fsp3) is 0.800. The summed E-state index contributed by atoms with van der Waals surface area (Å²) >= 11 is 33.7. The van der Waals surface area contributed by atoms with Gasteiger partial charge in [-0.05, 0) is 6.42 Å². The third-order valence-electron chi connectivity index (χ3n) is 2.92. The molecule has 0 radical (unpaired) electrons. The van der Waals surface area contributed by atoms with E-state index >= 15 is 0 Å². The van der Waals surface area contributed by atoms with Crippen molar-refractivity contribution in [2.24, 2.45) is 5.41 Å². The van der Waals surface area contributed by atoms with Crippen molar-refractivity contribution < 1.29 is 45.0 Å². The highest BCUT2D eigenvalue weighted by molar-refractivity contribution is 8.17. The average Bonchev–Trinajstić information content (AvgIpc) is 2.52. The molecule has 18 heteroatoms. The molecule has 0 atom stereocenters. The molecule has 9 nitrogen and oxygen atoms in total. The molecule has 0 saturated heterocycles. The van der Waals surface area contributed by atoms with Crippen LogP contribution in [0.25, 0.3) is 0 Å². The molecular weight excluding hydrogens is 613 g/mol. The molecule has 0 amide bonds. The Morgan fingerprint density at radius 2 is 0.727 bits per heavy atom. The van der Waals surface area contributed by atoms with E-state index in [0.717, 1.165) is 0 Å². The Bertz CT molecular complexity index is 475. The predicted molar refractivity (Wildman–Crippen MR) is 160 cm³/mol. The molecule has 0 unspecified atom stereocenters. The summed E-state index contributed by atoms with van der Waals surface area (Å²) in [5, 5.41) is 50.3. The Hall–Kier alpha value is 1.44. The van der Waals surface area contributed by atoms with Gasteiger partial charge in [0.2, 0.25) is 0 Å². The van der Waals surface area contributed by atoms with Crippen LogP contribution in [0.3, 0.4) is 0 Å². The number of aliphatic carboxylic acids is 3. The van der Waals surface area contributed by atoms with Crippen LogP contribution in [0.2, 0.25) is 0 Å². The quantitative estimate of drug-likeness (QED) is 0.126. The molecule has 0 rings (SSSR count). The van der Waals surface area contributed by atoms with Crippen LogP contribution in [0.5, 0.6) is 0 Å². The Labute approximate surface area is 243 Å². The first-order chi connectivity index (χ1) is 14.5. The molecule has 0 fully saturated rings. The van der Waals surface area contributed by atoms with Crippen LogP contribution < -0.4 is 0 Å². The molecular formula is C15H32O9S9. The summed E-state index contributed by atoms with van der Waals surface area (Å²) in [6.07, 6.45) is 0.101. The minimum absolute atomic E-state index is 0.156. The number of rotatable bonds is 10. The number of aliphatic hydroxyl groups is 3. The van der Waals surface area contributed by atoms with Crippen LogP contribution in [0, 0.1) is 5.41 Å². The number of hydrogen-bond donors (Lipinski definition) is 15. The molecule has 0 bridgehead atoms. The zero-order chi connectivity index (χ0) is 27.7. The summed E-state index contributed by atoms with van der Waals surface area (Å²) in [6, 6.07) is 0. The van der Waals surface area contributed by atoms with E-state index in [1.54, 1.807) is 0 Å². The van der Waals surface area contributed by atoms with Gasteiger partial charge in [-0.15, -0.1) is 0 Å². The number of aliphatic hydroxyl groups excluding tert-OH is 3. The monoisotopic (exact) mass is 644 g/mol. The lowest BCUT2D eigenvalue weighted by Gasteiger charge is -2.24. The highest BCUT2D eigenvalue weighted by Gasteiger charge is 2.25. The Kier molecular flexibility index (Phi) is 25.8. The maximum atomic E-state index is 9.87. The normalized spacial score (nSPS) is 11.5. The van der Waals surface area contributed by atoms with Crippen LogP contribution in [-0.2, 0) is 14.4 Å². The fourth-order valence-corrected chi connectivity index (χ4v) is 2.31. The standard InChI is InChI=1S/C6H14O3.3C3H6O2S3/c1-2-6(3-7,4-8)5-9;3*4-2(5)1-3(6,7)8/h7-9H,2-5H2,1H3;3*6-8H,1H2,(H,4,5). The molecule has 0 saturated carbocycles. The Morgan fingerprint density at radius 1 is 0.545 bits per heavy atom. The lowest BCUT2D eigenvalue weighted by molar-refractivity contribution is -0.137. The first kappa shape index (κ1) is 41.6. The molecule has 200 valence electrons. The maximum absolute atomic E-state index is 9.87. The van der Waals surface area contributed by atoms with E-state index < -0.39 is 33.6 Å². The van der Waals surface area contributed by atoms with Crippen molar-refractivity contribution in [3.8, 4) is 0 Å². The minimum atomic E-state index is -0.994. The second kappa shape index (κ2) is 20.5. The summed E-state index contributed by atoms with van der Waals surface area (Å²) in [5.41, 5.74) is -0.667. The lowest BCUT2D eigenvalue weighted by Crippen LogP contribution is -2.32. The van der Waals surface area contributed by atoms with E-state index in [4.69, 9.17) is 30.6 Å². The third kappa shape index (κ3) is 40.9. The zero-order valence-corrected chi connectivity index (χ0v) is 25.4. The smallest absolute Gasteiger partial charge is 0.306 e. The summed E-state index contributed by atoms with van der Waals surface area (Å²) in [7, 11) is 0. The van der Waals surface area contributed by atoms with Gasteiger partial charge in [0, 0.05) is 5.41 Å². The van der Waals surface area contributed by atoms with Crippen molar-refractivity contribution in [1.82, 2.24) is 0 Å². The number of carboxylic acid groups (broad SMARTS) is 3. The van der Waals surface area contributed by atoms with Crippen LogP contribution in [-0.4, -0.2) is 78.6 Å². The largest absolute Gasteiger partial charge is 0.481 e. The SMILES string of the molecule is CCC(CO)(CO)CO.O=C(O)CC(S)(S)S.O=C(O)CC(S)(S)S.O=C(O)CC(S)(S)S. The van der Waals surface area contributed by atoms with E-state index in [1.807, 2.05) is 6.92 Å². The fourth-order valence-electron chi connectivity index (χ4n) is 1.09. The molecule has 0 spiro atoms. The van der Waals surface area contributed by atoms with Gasteiger partial charge in [0.15, 0.2) is 0 Å². The first-order valence-corrected chi connectivity index (χ1v) is 12.5. The van der Waals surface area contributed by atoms with Crippen LogP contribution in [0.15, 0.2) is 0 Å². The maximum Gasteiger partial charge on any atom is 0.306 e. The number of carboxylic acids is 3. The highest BCUT2D eigenvalue weighted by atomic mass is 32.2. The highest BCUT2D eigenvalue weighted by Crippen LogP contribution is 2.28. The average molecular weight is 645 g/mol. The van der Waals surface area contributed by atoms with Gasteiger partial charge in [0.25, 0.3) is 0 Å². The molecule has 0 aliphatic heterocycles. The number of carbonyl (C=O) groups is 3. The Morgan fingerprint density at radius 3 is 0.727 bits per heavy atom. The first-order valence-electron chi connectivity index (χ1n) is 8.49. The van der Waals surface area contributed by atoms with Crippen LogP contribution >= 0.6 is 114 Å². The second-order valence-corrected chi connectivity index (χ2v) is 16.4. The molecule has 0 aliphatic carbocycles. The van der Waals surface area contributed by atoms with Gasteiger partial charge in [0.1, 0.15) is 10.2 Å². The van der Waals surface area contributed by atoms with E-state index in [9.17, 15) is 14.4 Å². The molecule has 6 N–H and O–H groups in total. The summed E-state index contributed by atoms with van der Waals surface area (Å²) in [6.45, 7) is 1.35. The van der Waals surface area contributed by atoms with Crippen molar-refractivity contribution in [1.29, 1.82) is 0 Å². The zero-order valence-electron chi connectivity index (χ0n) is 17.4. The van der Waals surface area contributed by atoms with Crippen molar-refractivity contribution >= 4 is 132 Å². The summed E-state index contributed by atoms with van der Waals surface area (Å²) in [5.74, 6) is -2.86.